The van der Waals surface area contributed by atoms with Crippen molar-refractivity contribution in [3.63, 3.8) is 0 Å². The molecule has 10 heavy (non-hydrogen) atoms. The Morgan fingerprint density at radius 3 is 3.00 bits per heavy atom. The van der Waals surface area contributed by atoms with Gasteiger partial charge in [-0.25, -0.2) is 0 Å². The first-order valence-corrected chi connectivity index (χ1v) is 3.56. The van der Waals surface area contributed by atoms with Crippen LogP contribution in [0.25, 0.3) is 0 Å². The number of aliphatic hydroxyl groups excluding tert-OH is 1. The lowest BCUT2D eigenvalue weighted by atomic mass is 10.1. The van der Waals surface area contributed by atoms with E-state index in [0.29, 0.717) is 12.8 Å². The van der Waals surface area contributed by atoms with Gasteiger partial charge in [0, 0.05) is 12.8 Å². The highest BCUT2D eigenvalue weighted by Gasteiger charge is 2.23. The van der Waals surface area contributed by atoms with Crippen molar-refractivity contribution >= 4 is 5.97 Å². The van der Waals surface area contributed by atoms with E-state index in [9.17, 15) is 4.79 Å². The van der Waals surface area contributed by atoms with E-state index in [1.807, 2.05) is 0 Å². The predicted molar refractivity (Wildman–Crippen MR) is 35.4 cm³/mol. The van der Waals surface area contributed by atoms with Gasteiger partial charge in [-0.2, -0.15) is 0 Å². The first kappa shape index (κ1) is 7.54. The molecule has 0 aliphatic carbocycles. The molecule has 0 saturated carbocycles. The van der Waals surface area contributed by atoms with E-state index in [-0.39, 0.29) is 18.2 Å². The third kappa shape index (κ3) is 1.99. The number of hydrogen-bond donors (Lipinski definition) is 1. The molecule has 1 N–H and O–H groups in total. The molecule has 2 unspecified atom stereocenters. The van der Waals surface area contributed by atoms with Crippen molar-refractivity contribution in [3.8, 4) is 0 Å². The van der Waals surface area contributed by atoms with Crippen LogP contribution in [0.2, 0.25) is 0 Å². The number of hydrogen-bond acceptors (Lipinski definition) is 3. The lowest BCUT2D eigenvalue weighted by Crippen LogP contribution is -2.14. The molecule has 0 amide bonds. The van der Waals surface area contributed by atoms with Gasteiger partial charge in [0.1, 0.15) is 6.10 Å². The van der Waals surface area contributed by atoms with Crippen LogP contribution in [0, 0.1) is 0 Å². The molecule has 0 spiro atoms. The Hall–Kier alpha value is -0.570. The summed E-state index contributed by atoms with van der Waals surface area (Å²) in [6.07, 6.45) is 1.45. The van der Waals surface area contributed by atoms with Crippen LogP contribution in [0.15, 0.2) is 0 Å². The number of carbonyl (C=O) groups is 1. The maximum atomic E-state index is 10.5. The fourth-order valence-corrected chi connectivity index (χ4v) is 1.13. The van der Waals surface area contributed by atoms with Gasteiger partial charge in [-0.1, -0.05) is 0 Å². The molecule has 3 nitrogen and oxygen atoms in total. The van der Waals surface area contributed by atoms with Crippen LogP contribution in [0.4, 0.5) is 0 Å². The Morgan fingerprint density at radius 2 is 2.60 bits per heavy atom. The fraction of sp³-hybridized carbons (Fsp3) is 0.857. The van der Waals surface area contributed by atoms with E-state index in [2.05, 4.69) is 0 Å². The van der Waals surface area contributed by atoms with Crippen molar-refractivity contribution in [2.45, 2.75) is 38.4 Å². The first-order valence-electron chi connectivity index (χ1n) is 3.56. The minimum Gasteiger partial charge on any atom is -0.462 e. The summed E-state index contributed by atoms with van der Waals surface area (Å²) in [6.45, 7) is 1.70. The summed E-state index contributed by atoms with van der Waals surface area (Å²) >= 11 is 0. The number of esters is 1. The molecule has 1 aliphatic rings. The van der Waals surface area contributed by atoms with Gasteiger partial charge in [0.15, 0.2) is 0 Å². The average Bonchev–Trinajstić information content (AvgIpc) is 2.13. The smallest absolute Gasteiger partial charge is 0.306 e. The summed E-state index contributed by atoms with van der Waals surface area (Å²) in [5, 5.41) is 8.91. The molecule has 0 radical (unpaired) electrons. The van der Waals surface area contributed by atoms with E-state index in [1.165, 1.54) is 0 Å². The number of ether oxygens (including phenoxy) is 1. The molecule has 1 aliphatic heterocycles. The molecule has 1 fully saturated rings. The Balaban J connectivity index is 2.24. The zero-order valence-corrected chi connectivity index (χ0v) is 6.04. The summed E-state index contributed by atoms with van der Waals surface area (Å²) in [5.41, 5.74) is 0. The molecule has 0 aromatic carbocycles. The van der Waals surface area contributed by atoms with Crippen LogP contribution in [0.1, 0.15) is 26.2 Å². The summed E-state index contributed by atoms with van der Waals surface area (Å²) in [6, 6.07) is 0. The highest BCUT2D eigenvalue weighted by Crippen LogP contribution is 2.17. The average molecular weight is 144 g/mol. The van der Waals surface area contributed by atoms with Crippen LogP contribution in [-0.4, -0.2) is 23.3 Å². The van der Waals surface area contributed by atoms with Crippen LogP contribution < -0.4 is 0 Å². The molecule has 0 aromatic rings. The Kier molecular flexibility index (Phi) is 2.27. The van der Waals surface area contributed by atoms with Gasteiger partial charge in [-0.15, -0.1) is 0 Å². The van der Waals surface area contributed by atoms with Crippen molar-refractivity contribution < 1.29 is 14.6 Å². The number of carbonyl (C=O) groups excluding carboxylic acids is 1. The third-order valence-electron chi connectivity index (χ3n) is 1.57. The number of aliphatic hydroxyl groups is 1. The zero-order chi connectivity index (χ0) is 7.56. The lowest BCUT2D eigenvalue weighted by molar-refractivity contribution is -0.142. The van der Waals surface area contributed by atoms with Crippen LogP contribution in [0.5, 0.6) is 0 Å². The molecule has 1 heterocycles. The molecular weight excluding hydrogens is 132 g/mol. The molecule has 0 bridgehead atoms. The van der Waals surface area contributed by atoms with E-state index >= 15 is 0 Å². The molecule has 1 saturated heterocycles. The monoisotopic (exact) mass is 144 g/mol. The minimum absolute atomic E-state index is 0.0347. The van der Waals surface area contributed by atoms with Gasteiger partial charge in [0.25, 0.3) is 0 Å². The van der Waals surface area contributed by atoms with E-state index in [4.69, 9.17) is 9.84 Å². The Bertz CT molecular complexity index is 131. The van der Waals surface area contributed by atoms with Gasteiger partial charge >= 0.3 is 5.97 Å². The Morgan fingerprint density at radius 1 is 1.90 bits per heavy atom. The van der Waals surface area contributed by atoms with Gasteiger partial charge in [0.05, 0.1) is 6.10 Å². The standard InChI is InChI=1S/C7H12O3/c1-5(8)4-6-2-3-7(9)10-6/h5-6,8H,2-4H2,1H3. The molecule has 2 atom stereocenters. The van der Waals surface area contributed by atoms with Crippen molar-refractivity contribution in [3.05, 3.63) is 0 Å². The van der Waals surface area contributed by atoms with Gasteiger partial charge in [0.2, 0.25) is 0 Å². The van der Waals surface area contributed by atoms with Crippen molar-refractivity contribution in [1.82, 2.24) is 0 Å². The summed E-state index contributed by atoms with van der Waals surface area (Å²) in [5.74, 6) is -0.134. The summed E-state index contributed by atoms with van der Waals surface area (Å²) in [4.78, 5) is 10.5. The predicted octanol–water partition coefficient (Wildman–Crippen LogP) is 0.463. The molecule has 3 heteroatoms. The second kappa shape index (κ2) is 3.01. The highest BCUT2D eigenvalue weighted by atomic mass is 16.5. The van der Waals surface area contributed by atoms with Gasteiger partial charge in [-0.05, 0) is 13.3 Å². The second-order valence-corrected chi connectivity index (χ2v) is 2.74. The first-order chi connectivity index (χ1) is 4.68. The second-order valence-electron chi connectivity index (χ2n) is 2.74. The van der Waals surface area contributed by atoms with Crippen molar-refractivity contribution in [1.29, 1.82) is 0 Å². The molecule has 58 valence electrons. The minimum atomic E-state index is -0.365. The third-order valence-corrected chi connectivity index (χ3v) is 1.57. The summed E-state index contributed by atoms with van der Waals surface area (Å²) in [7, 11) is 0. The SMILES string of the molecule is CC(O)CC1CCC(=O)O1. The summed E-state index contributed by atoms with van der Waals surface area (Å²) < 4.78 is 4.87. The largest absolute Gasteiger partial charge is 0.462 e. The lowest BCUT2D eigenvalue weighted by Gasteiger charge is -2.09. The van der Waals surface area contributed by atoms with Crippen molar-refractivity contribution in [2.75, 3.05) is 0 Å². The van der Waals surface area contributed by atoms with E-state index in [1.54, 1.807) is 6.92 Å². The highest BCUT2D eigenvalue weighted by molar-refractivity contribution is 5.71. The number of cyclic esters (lactones) is 1. The quantitative estimate of drug-likeness (QED) is 0.573. The molecular formula is C7H12O3. The van der Waals surface area contributed by atoms with E-state index < -0.39 is 0 Å². The fourth-order valence-electron chi connectivity index (χ4n) is 1.13. The normalized spacial score (nSPS) is 28.2. The van der Waals surface area contributed by atoms with Gasteiger partial charge in [-0.3, -0.25) is 4.79 Å². The van der Waals surface area contributed by atoms with Crippen LogP contribution in [0.3, 0.4) is 0 Å². The maximum Gasteiger partial charge on any atom is 0.306 e. The maximum absolute atomic E-state index is 10.5. The molecule has 1 rings (SSSR count). The van der Waals surface area contributed by atoms with E-state index in [0.717, 1.165) is 6.42 Å². The molecule has 0 aromatic heterocycles. The van der Waals surface area contributed by atoms with Crippen LogP contribution in [-0.2, 0) is 9.53 Å². The van der Waals surface area contributed by atoms with Crippen molar-refractivity contribution in [2.24, 2.45) is 0 Å². The zero-order valence-electron chi connectivity index (χ0n) is 6.04. The van der Waals surface area contributed by atoms with Gasteiger partial charge < -0.3 is 9.84 Å². The topological polar surface area (TPSA) is 46.5 Å². The number of rotatable bonds is 2. The van der Waals surface area contributed by atoms with Crippen LogP contribution >= 0.6 is 0 Å². The Labute approximate surface area is 60.0 Å².